The molecule has 0 rings (SSSR count). The van der Waals surface area contributed by atoms with Gasteiger partial charge in [0.1, 0.15) is 0 Å². The highest BCUT2D eigenvalue weighted by Gasteiger charge is -0.297. The molecule has 0 aromatic rings. The molecule has 60 heavy (non-hydrogen) atoms. The second kappa shape index (κ2) is 30400. The average molecular weight is 1040 g/mol. The predicted octanol–water partition coefficient (Wildman–Crippen LogP) is -10.0. The smallest absolute Gasteiger partial charge is 0.344 e. The van der Waals surface area contributed by atoms with Crippen molar-refractivity contribution in [3.63, 3.8) is 0 Å². The molecule has 0 spiro atoms. The van der Waals surface area contributed by atoms with Crippen molar-refractivity contribution in [2.45, 2.75) is 0 Å². The van der Waals surface area contributed by atoms with Gasteiger partial charge in [0.25, 0.3) is 0 Å². The summed E-state index contributed by atoms with van der Waals surface area (Å²) in [5.74, 6) is 0. The predicted molar refractivity (Wildman–Crippen MR) is 273 cm³/mol. The third-order valence-corrected chi connectivity index (χ3v) is 0. The minimum Gasteiger partial charge on any atom is -0.412 e. The van der Waals surface area contributed by atoms with E-state index in [2.05, 4.69) is 0 Å². The highest BCUT2D eigenvalue weighted by molar-refractivity contribution is 2.17. The number of hydrogen-bond acceptors (Lipinski definition) is 40. The topological polar surface area (TPSA) is 2030 Å². The van der Waals surface area contributed by atoms with Crippen LogP contribution in [0.25, 0.3) is 0 Å². The van der Waals surface area contributed by atoms with Crippen LogP contribution in [0.1, 0.15) is 0 Å². The van der Waals surface area contributed by atoms with Gasteiger partial charge in [-0.3, -0.25) is 0 Å². The minimum absolute atomic E-state index is 0. The lowest BCUT2D eigenvalue weighted by atomic mass is 14.0. The first-order valence-corrected chi connectivity index (χ1v) is 0. The molecule has 0 aliphatic heterocycles. The minimum atomic E-state index is 0. The van der Waals surface area contributed by atoms with Crippen LogP contribution in [0.2, 0.25) is 0 Å². The van der Waals surface area contributed by atoms with E-state index in [0.29, 0.717) is 0 Å². The van der Waals surface area contributed by atoms with Gasteiger partial charge in [-0.15, -0.1) is 0 Å². The first-order valence-electron chi connectivity index (χ1n) is 0. The van der Waals surface area contributed by atoms with Crippen molar-refractivity contribution < 1.29 is 110 Å². The molecule has 0 aliphatic carbocycles. The third-order valence-electron chi connectivity index (χ3n) is 0. The molecule has 60 nitrogen and oxygen atoms in total. The Hall–Kier alpha value is -2.40. The Morgan fingerprint density at radius 2 is 0.0333 bits per heavy atom. The fourth-order valence-electron chi connectivity index (χ4n) is 0. The van der Waals surface area contributed by atoms with E-state index in [1.54, 1.807) is 0 Å². The van der Waals surface area contributed by atoms with Gasteiger partial charge in [-0.1, -0.05) is 0 Å². The summed E-state index contributed by atoms with van der Waals surface area (Å²) in [5.41, 5.74) is 0. The fourth-order valence-corrected chi connectivity index (χ4v) is 0. The van der Waals surface area contributed by atoms with Crippen molar-refractivity contribution >= 4 is 0 Å². The van der Waals surface area contributed by atoms with Crippen molar-refractivity contribution in [1.82, 2.24) is 246 Å². The Kier molecular flexibility index (Phi) is 16200000. The molecule has 0 aromatic carbocycles. The van der Waals surface area contributed by atoms with Crippen LogP contribution < -0.4 is 246 Å². The standard InChI is InChI=1S/40H3N.20H2O/h40*1H3;20*1H2. The van der Waals surface area contributed by atoms with E-state index in [4.69, 9.17) is 0 Å². The molecule has 480 valence electrons. The maximum atomic E-state index is 0. The van der Waals surface area contributed by atoms with Gasteiger partial charge in [-0.25, -0.2) is 0 Å². The zero-order chi connectivity index (χ0) is 0. The molecule has 0 atom stereocenters. The van der Waals surface area contributed by atoms with Crippen LogP contribution in [-0.2, 0) is 0 Å². The Morgan fingerprint density at radius 3 is 0.0333 bits per heavy atom. The molecule has 0 radical (unpaired) electrons. The Balaban J connectivity index is 0. The monoisotopic (exact) mass is 1040 g/mol. The molecule has 0 saturated carbocycles. The Bertz CT molecular complexity index is 55.1. The highest BCUT2D eigenvalue weighted by Crippen LogP contribution is -0.266. The first kappa shape index (κ1) is 32000. The quantitative estimate of drug-likeness (QED) is 0.107. The molecule has 0 saturated heterocycles. The van der Waals surface area contributed by atoms with Gasteiger partial charge >= 0.3 is 0 Å². The highest BCUT2D eigenvalue weighted by atomic mass is 16.0. The summed E-state index contributed by atoms with van der Waals surface area (Å²) < 4.78 is 0. The van der Waals surface area contributed by atoms with Gasteiger partial charge in [0, 0.05) is 0 Å². The lowest BCUT2D eigenvalue weighted by Gasteiger charge is -0.413. The van der Waals surface area contributed by atoms with Gasteiger partial charge in [0.15, 0.2) is 0 Å². The van der Waals surface area contributed by atoms with E-state index in [1.807, 2.05) is 0 Å². The molecule has 0 fully saturated rings. The summed E-state index contributed by atoms with van der Waals surface area (Å²) in [7, 11) is 0. The summed E-state index contributed by atoms with van der Waals surface area (Å²) >= 11 is 0. The van der Waals surface area contributed by atoms with Crippen molar-refractivity contribution in [2.24, 2.45) is 0 Å². The molecule has 160 N–H and O–H groups in total. The zero-order valence-electron chi connectivity index (χ0n) is 38.3. The third kappa shape index (κ3) is 28800. The van der Waals surface area contributed by atoms with Gasteiger partial charge < -0.3 is 356 Å². The maximum absolute atomic E-state index is 0. The molecule has 0 amide bonds. The van der Waals surface area contributed by atoms with E-state index in [-0.39, 0.29) is 356 Å². The summed E-state index contributed by atoms with van der Waals surface area (Å²) in [4.78, 5) is 0. The molecule has 0 bridgehead atoms. The Morgan fingerprint density at radius 1 is 0.0333 bits per heavy atom. The van der Waals surface area contributed by atoms with Gasteiger partial charge in [0.2, 0.25) is 0 Å². The molecular weight excluding hydrogens is 880 g/mol. The van der Waals surface area contributed by atoms with Crippen LogP contribution in [0.3, 0.4) is 0 Å². The Labute approximate surface area is 356 Å². The van der Waals surface area contributed by atoms with Crippen molar-refractivity contribution in [3.05, 3.63) is 0 Å². The molecule has 0 aliphatic rings. The number of rotatable bonds is 0. The van der Waals surface area contributed by atoms with E-state index >= 15 is 0 Å². The fraction of sp³-hybridized carbons (Fsp3) is 0. The SMILES string of the molecule is N.N.N.N.N.N.N.N.N.N.N.N.N.N.N.N.N.N.N.N.N.N.N.N.N.N.N.N.N.N.N.N.N.N.N.N.N.N.N.N.O.O.O.O.O.O.O.O.O.O.O.O.O.O.O.O.O.O.O.O. The molecule has 60 heteroatoms. The summed E-state index contributed by atoms with van der Waals surface area (Å²) in [5, 5.41) is 0. The molecular formula is H160N40O20. The van der Waals surface area contributed by atoms with Gasteiger partial charge in [-0.2, -0.15) is 0 Å². The summed E-state index contributed by atoms with van der Waals surface area (Å²) in [6, 6.07) is 0. The van der Waals surface area contributed by atoms with E-state index in [1.165, 1.54) is 0 Å². The van der Waals surface area contributed by atoms with E-state index in [0.717, 1.165) is 0 Å². The van der Waals surface area contributed by atoms with Crippen LogP contribution in [0.15, 0.2) is 0 Å². The van der Waals surface area contributed by atoms with E-state index in [9.17, 15) is 0 Å². The van der Waals surface area contributed by atoms with Crippen molar-refractivity contribution in [3.8, 4) is 0 Å². The molecule has 0 heterocycles. The van der Waals surface area contributed by atoms with Crippen LogP contribution in [0.5, 0.6) is 0 Å². The maximum Gasteiger partial charge on any atom is -0.344 e. The van der Waals surface area contributed by atoms with Crippen LogP contribution in [0.4, 0.5) is 0 Å². The first-order chi connectivity index (χ1) is 0. The second-order valence-corrected chi connectivity index (χ2v) is 0. The van der Waals surface area contributed by atoms with Crippen molar-refractivity contribution in [1.29, 1.82) is 0 Å². The van der Waals surface area contributed by atoms with Gasteiger partial charge in [0.05, 0.1) is 0 Å². The molecule has 0 aromatic heterocycles. The molecule has 0 unspecified atom stereocenters. The van der Waals surface area contributed by atoms with Crippen LogP contribution >= 0.6 is 0 Å². The average Bonchev–Trinajstić information content (AvgIpc) is 0. The lowest BCUT2D eigenvalue weighted by Crippen LogP contribution is -0.482. The van der Waals surface area contributed by atoms with Crippen LogP contribution in [-0.4, -0.2) is 110 Å². The normalized spacial score (nSPS) is 0. The second-order valence-electron chi connectivity index (χ2n) is 0. The zero-order valence-corrected chi connectivity index (χ0v) is 38.3. The summed E-state index contributed by atoms with van der Waals surface area (Å²) in [6.45, 7) is 0. The lowest BCUT2D eigenvalue weighted by molar-refractivity contribution is 0.823. The van der Waals surface area contributed by atoms with Crippen LogP contribution in [0, 0.1) is 0 Å². The summed E-state index contributed by atoms with van der Waals surface area (Å²) in [6.07, 6.45) is 0. The number of hydrogen-bond donors (Lipinski definition) is 40. The van der Waals surface area contributed by atoms with Crippen molar-refractivity contribution in [2.75, 3.05) is 0 Å². The van der Waals surface area contributed by atoms with E-state index < -0.39 is 0 Å². The van der Waals surface area contributed by atoms with Gasteiger partial charge in [-0.05, 0) is 0 Å². The largest absolute Gasteiger partial charge is 0.412 e.